The Labute approximate surface area is 135 Å². The average Bonchev–Trinajstić information content (AvgIpc) is 2.95. The lowest BCUT2D eigenvalue weighted by molar-refractivity contribution is 0.453. The molecule has 0 saturated carbocycles. The summed E-state index contributed by atoms with van der Waals surface area (Å²) in [5.74, 6) is 0. The summed E-state index contributed by atoms with van der Waals surface area (Å²) in [7, 11) is 0. The lowest BCUT2D eigenvalue weighted by Crippen LogP contribution is -2.28. The third-order valence-electron chi connectivity index (χ3n) is 4.42. The minimum atomic E-state index is -0.0857. The molecule has 0 aliphatic heterocycles. The van der Waals surface area contributed by atoms with E-state index in [9.17, 15) is 4.79 Å². The number of hydrogen-bond donors (Lipinski definition) is 0. The zero-order valence-electron chi connectivity index (χ0n) is 14.3. The Hall–Kier alpha value is -2.43. The van der Waals surface area contributed by atoms with Crippen molar-refractivity contribution in [2.75, 3.05) is 0 Å². The van der Waals surface area contributed by atoms with Gasteiger partial charge in [-0.25, -0.2) is 9.36 Å². The Bertz CT molecular complexity index is 936. The Morgan fingerprint density at radius 2 is 1.96 bits per heavy atom. The minimum absolute atomic E-state index is 0.0630. The van der Waals surface area contributed by atoms with E-state index in [4.69, 9.17) is 0 Å². The van der Waals surface area contributed by atoms with Crippen molar-refractivity contribution < 1.29 is 0 Å². The van der Waals surface area contributed by atoms with Crippen LogP contribution in [0.2, 0.25) is 0 Å². The first kappa shape index (κ1) is 15.5. The largest absolute Gasteiger partial charge is 0.293 e. The third kappa shape index (κ3) is 2.46. The van der Waals surface area contributed by atoms with Crippen molar-refractivity contribution >= 4 is 10.9 Å². The van der Waals surface area contributed by atoms with Crippen LogP contribution < -0.4 is 5.56 Å². The van der Waals surface area contributed by atoms with Crippen LogP contribution in [-0.2, 0) is 0 Å². The molecule has 0 bridgehead atoms. The maximum absolute atomic E-state index is 13.0. The highest BCUT2D eigenvalue weighted by Crippen LogP contribution is 2.21. The molecule has 3 rings (SSSR count). The molecule has 0 radical (unpaired) electrons. The van der Waals surface area contributed by atoms with Crippen LogP contribution in [0, 0.1) is 20.8 Å². The van der Waals surface area contributed by atoms with Gasteiger partial charge in [0, 0.05) is 5.39 Å². The number of fused-ring (bicyclic) bond motifs is 1. The van der Waals surface area contributed by atoms with Crippen molar-refractivity contribution in [3.05, 3.63) is 51.6 Å². The van der Waals surface area contributed by atoms with Crippen molar-refractivity contribution in [1.82, 2.24) is 19.6 Å². The van der Waals surface area contributed by atoms with E-state index < -0.39 is 0 Å². The smallest absolute Gasteiger partial charge is 0.265 e. The molecule has 2 aromatic heterocycles. The molecule has 5 nitrogen and oxygen atoms in total. The fourth-order valence-corrected chi connectivity index (χ4v) is 2.89. The first-order valence-corrected chi connectivity index (χ1v) is 7.98. The van der Waals surface area contributed by atoms with Crippen molar-refractivity contribution in [2.24, 2.45) is 0 Å². The van der Waals surface area contributed by atoms with Gasteiger partial charge in [0.2, 0.25) is 0 Å². The number of rotatable bonds is 3. The number of hydrogen-bond acceptors (Lipinski definition) is 3. The summed E-state index contributed by atoms with van der Waals surface area (Å²) in [6, 6.07) is 6.22. The summed E-state index contributed by atoms with van der Waals surface area (Å²) in [4.78, 5) is 13.0. The summed E-state index contributed by atoms with van der Waals surface area (Å²) in [6.07, 6.45) is 2.59. The highest BCUT2D eigenvalue weighted by Gasteiger charge is 2.17. The Kier molecular flexibility index (Phi) is 3.80. The van der Waals surface area contributed by atoms with Crippen molar-refractivity contribution in [3.63, 3.8) is 0 Å². The fraction of sp³-hybridized carbons (Fsp3) is 0.389. The molecule has 0 amide bonds. The van der Waals surface area contributed by atoms with E-state index in [1.165, 1.54) is 5.56 Å². The average molecular weight is 310 g/mol. The van der Waals surface area contributed by atoms with Crippen LogP contribution in [0.5, 0.6) is 0 Å². The lowest BCUT2D eigenvalue weighted by atomic mass is 10.1. The first-order chi connectivity index (χ1) is 10.9. The second-order valence-corrected chi connectivity index (χ2v) is 6.20. The van der Waals surface area contributed by atoms with Gasteiger partial charge in [0.15, 0.2) is 0 Å². The Morgan fingerprint density at radius 1 is 1.22 bits per heavy atom. The lowest BCUT2D eigenvalue weighted by Gasteiger charge is -2.14. The zero-order chi connectivity index (χ0) is 16.7. The molecule has 0 fully saturated rings. The maximum Gasteiger partial charge on any atom is 0.293 e. The predicted octanol–water partition coefficient (Wildman–Crippen LogP) is 3.48. The van der Waals surface area contributed by atoms with E-state index >= 15 is 0 Å². The normalized spacial score (nSPS) is 12.7. The number of aryl methyl sites for hydroxylation is 3. The Morgan fingerprint density at radius 3 is 2.61 bits per heavy atom. The van der Waals surface area contributed by atoms with E-state index in [0.717, 1.165) is 28.8 Å². The summed E-state index contributed by atoms with van der Waals surface area (Å²) in [5.41, 5.74) is 4.57. The molecule has 1 aromatic carbocycles. The van der Waals surface area contributed by atoms with Crippen LogP contribution >= 0.6 is 0 Å². The first-order valence-electron chi connectivity index (χ1n) is 7.98. The molecule has 1 unspecified atom stereocenters. The molecular weight excluding hydrogens is 288 g/mol. The Balaban J connectivity index is 2.35. The second-order valence-electron chi connectivity index (χ2n) is 6.20. The van der Waals surface area contributed by atoms with Crippen LogP contribution in [0.1, 0.15) is 43.1 Å². The third-order valence-corrected chi connectivity index (χ3v) is 4.42. The number of aromatic nitrogens is 4. The highest BCUT2D eigenvalue weighted by molar-refractivity contribution is 5.81. The van der Waals surface area contributed by atoms with E-state index in [1.807, 2.05) is 32.9 Å². The van der Waals surface area contributed by atoms with Gasteiger partial charge in [0.1, 0.15) is 5.52 Å². The maximum atomic E-state index is 13.0. The van der Waals surface area contributed by atoms with Gasteiger partial charge in [-0.15, -0.1) is 0 Å². The topological polar surface area (TPSA) is 52.7 Å². The highest BCUT2D eigenvalue weighted by atomic mass is 16.1. The van der Waals surface area contributed by atoms with E-state index in [-0.39, 0.29) is 11.6 Å². The van der Waals surface area contributed by atoms with Gasteiger partial charge in [-0.3, -0.25) is 4.79 Å². The van der Waals surface area contributed by atoms with Crippen molar-refractivity contribution in [1.29, 1.82) is 0 Å². The minimum Gasteiger partial charge on any atom is -0.265 e. The molecular formula is C18H22N4O. The van der Waals surface area contributed by atoms with E-state index in [1.54, 1.807) is 15.6 Å². The molecule has 5 heteroatoms. The summed E-state index contributed by atoms with van der Waals surface area (Å²) >= 11 is 0. The monoisotopic (exact) mass is 310 g/mol. The van der Waals surface area contributed by atoms with E-state index in [0.29, 0.717) is 5.52 Å². The molecule has 23 heavy (non-hydrogen) atoms. The molecule has 0 N–H and O–H groups in total. The molecule has 0 aliphatic rings. The second kappa shape index (κ2) is 5.65. The molecule has 3 aromatic rings. The van der Waals surface area contributed by atoms with Crippen LogP contribution in [-0.4, -0.2) is 19.6 Å². The zero-order valence-corrected chi connectivity index (χ0v) is 14.3. The number of nitrogens with zero attached hydrogens (tertiary/aromatic N) is 4. The standard InChI is InChI=1S/C18H22N4O/c1-6-13(4)21-18(23)17-15(14(5)20-21)10-19-22(17)16-8-7-11(2)9-12(16)3/h7-10,13H,6H2,1-5H3. The van der Waals surface area contributed by atoms with Gasteiger partial charge in [0.25, 0.3) is 5.56 Å². The molecule has 0 saturated heterocycles. The number of benzene rings is 1. The SMILES string of the molecule is CCC(C)n1nc(C)c2cnn(-c3ccc(C)cc3C)c2c1=O. The molecule has 1 atom stereocenters. The predicted molar refractivity (Wildman–Crippen MR) is 92.3 cm³/mol. The molecule has 120 valence electrons. The summed E-state index contributed by atoms with van der Waals surface area (Å²) in [6.45, 7) is 10.1. The summed E-state index contributed by atoms with van der Waals surface area (Å²) < 4.78 is 3.33. The van der Waals surface area contributed by atoms with Crippen LogP contribution in [0.4, 0.5) is 0 Å². The molecule has 2 heterocycles. The van der Waals surface area contributed by atoms with Gasteiger partial charge in [-0.2, -0.15) is 10.2 Å². The van der Waals surface area contributed by atoms with Crippen LogP contribution in [0.15, 0.2) is 29.2 Å². The van der Waals surface area contributed by atoms with Gasteiger partial charge >= 0.3 is 0 Å². The van der Waals surface area contributed by atoms with Gasteiger partial charge in [-0.1, -0.05) is 24.6 Å². The van der Waals surface area contributed by atoms with E-state index in [2.05, 4.69) is 30.1 Å². The fourth-order valence-electron chi connectivity index (χ4n) is 2.89. The van der Waals surface area contributed by atoms with Gasteiger partial charge < -0.3 is 0 Å². The van der Waals surface area contributed by atoms with Gasteiger partial charge in [-0.05, 0) is 45.7 Å². The van der Waals surface area contributed by atoms with Crippen LogP contribution in [0.3, 0.4) is 0 Å². The molecule has 0 spiro atoms. The van der Waals surface area contributed by atoms with Crippen molar-refractivity contribution in [3.8, 4) is 5.69 Å². The quantitative estimate of drug-likeness (QED) is 0.744. The van der Waals surface area contributed by atoms with Crippen molar-refractivity contribution in [2.45, 2.75) is 47.1 Å². The van der Waals surface area contributed by atoms with Crippen LogP contribution in [0.25, 0.3) is 16.6 Å². The van der Waals surface area contributed by atoms with Gasteiger partial charge in [0.05, 0.1) is 23.6 Å². The summed E-state index contributed by atoms with van der Waals surface area (Å²) in [5, 5.41) is 9.75. The molecule has 0 aliphatic carbocycles.